The molecule has 1 fully saturated rings. The number of thioether (sulfide) groups is 1. The summed E-state index contributed by atoms with van der Waals surface area (Å²) in [6, 6.07) is 5.44. The molecule has 1 nitrogen and oxygen atoms in total. The van der Waals surface area contributed by atoms with E-state index in [1.165, 1.54) is 23.7 Å². The fraction of sp³-hybridized carbons (Fsp3) is 0.500. The van der Waals surface area contributed by atoms with E-state index in [1.54, 1.807) is 6.07 Å². The second kappa shape index (κ2) is 4.14. The first-order chi connectivity index (χ1) is 7.15. The molecule has 1 saturated heterocycles. The average Bonchev–Trinajstić information content (AvgIpc) is 2.67. The molecule has 0 bridgehead atoms. The first kappa shape index (κ1) is 11.0. The van der Waals surface area contributed by atoms with Gasteiger partial charge in [-0.15, -0.1) is 11.8 Å². The minimum atomic E-state index is -0.118. The number of hydrogen-bond donors (Lipinski definition) is 1. The van der Waals surface area contributed by atoms with Crippen LogP contribution in [0, 0.1) is 5.82 Å². The lowest BCUT2D eigenvalue weighted by Crippen LogP contribution is -2.33. The second-order valence-electron chi connectivity index (χ2n) is 4.21. The summed E-state index contributed by atoms with van der Waals surface area (Å²) >= 11 is 1.46. The fourth-order valence-electron chi connectivity index (χ4n) is 2.14. The Labute approximate surface area is 94.5 Å². The molecule has 0 amide bonds. The number of nitrogens with one attached hydrogen (secondary N) is 1. The summed E-state index contributed by atoms with van der Waals surface area (Å²) in [4.78, 5) is 0.738. The van der Waals surface area contributed by atoms with Crippen molar-refractivity contribution in [3.63, 3.8) is 0 Å². The zero-order valence-corrected chi connectivity index (χ0v) is 9.96. The molecule has 3 heteroatoms. The normalized spacial score (nSPS) is 25.8. The first-order valence-electron chi connectivity index (χ1n) is 5.25. The quantitative estimate of drug-likeness (QED) is 0.776. The Morgan fingerprint density at radius 3 is 2.87 bits per heavy atom. The van der Waals surface area contributed by atoms with E-state index in [9.17, 15) is 4.39 Å². The molecule has 0 radical (unpaired) electrons. The van der Waals surface area contributed by atoms with Gasteiger partial charge in [-0.3, -0.25) is 0 Å². The summed E-state index contributed by atoms with van der Waals surface area (Å²) < 4.78 is 13.3. The fourth-order valence-corrected chi connectivity index (χ4v) is 2.65. The Morgan fingerprint density at radius 2 is 2.27 bits per heavy atom. The summed E-state index contributed by atoms with van der Waals surface area (Å²) in [6.07, 6.45) is 4.24. The van der Waals surface area contributed by atoms with E-state index in [1.807, 2.05) is 18.4 Å². The van der Waals surface area contributed by atoms with Crippen LogP contribution in [0.1, 0.15) is 25.3 Å². The van der Waals surface area contributed by atoms with E-state index in [-0.39, 0.29) is 11.4 Å². The van der Waals surface area contributed by atoms with Gasteiger partial charge in [0.2, 0.25) is 0 Å². The van der Waals surface area contributed by atoms with E-state index < -0.39 is 0 Å². The lowest BCUT2D eigenvalue weighted by Gasteiger charge is -2.25. The summed E-state index contributed by atoms with van der Waals surface area (Å²) in [5, 5.41) is 3.49. The van der Waals surface area contributed by atoms with Crippen molar-refractivity contribution < 1.29 is 4.39 Å². The van der Waals surface area contributed by atoms with Gasteiger partial charge in [0.25, 0.3) is 0 Å². The maximum Gasteiger partial charge on any atom is 0.136 e. The maximum absolute atomic E-state index is 13.3. The molecule has 1 aliphatic heterocycles. The van der Waals surface area contributed by atoms with Gasteiger partial charge in [-0.2, -0.15) is 0 Å². The van der Waals surface area contributed by atoms with Crippen molar-refractivity contribution in [3.05, 3.63) is 29.6 Å². The summed E-state index contributed by atoms with van der Waals surface area (Å²) in [6.45, 7) is 3.25. The molecule has 1 aromatic carbocycles. The highest BCUT2D eigenvalue weighted by atomic mass is 32.2. The van der Waals surface area contributed by atoms with Crippen molar-refractivity contribution in [3.8, 4) is 0 Å². The van der Waals surface area contributed by atoms with Crippen LogP contribution in [-0.4, -0.2) is 12.8 Å². The highest BCUT2D eigenvalue weighted by Gasteiger charge is 2.30. The monoisotopic (exact) mass is 225 g/mol. The number of benzene rings is 1. The molecule has 1 aliphatic rings. The Bertz CT molecular complexity index is 359. The topological polar surface area (TPSA) is 12.0 Å². The number of hydrogen-bond acceptors (Lipinski definition) is 2. The van der Waals surface area contributed by atoms with Gasteiger partial charge in [0.1, 0.15) is 5.82 Å². The van der Waals surface area contributed by atoms with Gasteiger partial charge in [0.05, 0.1) is 0 Å². The molecule has 1 aromatic rings. The molecule has 0 spiro atoms. The second-order valence-corrected chi connectivity index (χ2v) is 5.06. The lowest BCUT2D eigenvalue weighted by molar-refractivity contribution is 0.432. The molecule has 82 valence electrons. The third-order valence-electron chi connectivity index (χ3n) is 3.16. The van der Waals surface area contributed by atoms with Gasteiger partial charge in [0, 0.05) is 10.4 Å². The van der Waals surface area contributed by atoms with Gasteiger partial charge >= 0.3 is 0 Å². The standard InChI is InChI=1S/C12H16FNS/c1-12(6-3-7-14-12)9-4-5-10(13)11(8-9)15-2/h4-5,8,14H,3,6-7H2,1-2H3. The number of halogens is 1. The minimum Gasteiger partial charge on any atom is -0.308 e. The van der Waals surface area contributed by atoms with Crippen LogP contribution in [0.3, 0.4) is 0 Å². The predicted octanol–water partition coefficient (Wildman–Crippen LogP) is 3.15. The lowest BCUT2D eigenvalue weighted by atomic mass is 9.91. The van der Waals surface area contributed by atoms with Gasteiger partial charge in [-0.05, 0) is 50.3 Å². The van der Waals surface area contributed by atoms with E-state index in [0.717, 1.165) is 17.9 Å². The molecule has 0 aromatic heterocycles. The summed E-state index contributed by atoms with van der Waals surface area (Å²) in [5.74, 6) is -0.118. The van der Waals surface area contributed by atoms with E-state index in [2.05, 4.69) is 12.2 Å². The highest BCUT2D eigenvalue weighted by molar-refractivity contribution is 7.98. The molecule has 1 atom stereocenters. The van der Waals surface area contributed by atoms with Crippen LogP contribution in [0.25, 0.3) is 0 Å². The Balaban J connectivity index is 2.36. The largest absolute Gasteiger partial charge is 0.308 e. The van der Waals surface area contributed by atoms with Crippen LogP contribution >= 0.6 is 11.8 Å². The van der Waals surface area contributed by atoms with Crippen molar-refractivity contribution in [1.29, 1.82) is 0 Å². The summed E-state index contributed by atoms with van der Waals surface area (Å²) in [5.41, 5.74) is 1.24. The average molecular weight is 225 g/mol. The van der Waals surface area contributed by atoms with Crippen LogP contribution in [0.2, 0.25) is 0 Å². The smallest absolute Gasteiger partial charge is 0.136 e. The molecule has 2 rings (SSSR count). The predicted molar refractivity (Wildman–Crippen MR) is 62.8 cm³/mol. The first-order valence-corrected chi connectivity index (χ1v) is 6.47. The van der Waals surface area contributed by atoms with Crippen LogP contribution < -0.4 is 5.32 Å². The zero-order chi connectivity index (χ0) is 10.9. The van der Waals surface area contributed by atoms with E-state index in [4.69, 9.17) is 0 Å². The third-order valence-corrected chi connectivity index (χ3v) is 3.91. The van der Waals surface area contributed by atoms with Crippen molar-refractivity contribution in [2.75, 3.05) is 12.8 Å². The van der Waals surface area contributed by atoms with Gasteiger partial charge in [-0.1, -0.05) is 6.07 Å². The molecule has 0 aliphatic carbocycles. The molecular weight excluding hydrogens is 209 g/mol. The maximum atomic E-state index is 13.3. The molecule has 1 unspecified atom stereocenters. The molecule has 15 heavy (non-hydrogen) atoms. The van der Waals surface area contributed by atoms with Crippen molar-refractivity contribution in [2.24, 2.45) is 0 Å². The Morgan fingerprint density at radius 1 is 1.47 bits per heavy atom. The molecule has 0 saturated carbocycles. The molecule has 1 N–H and O–H groups in total. The third kappa shape index (κ3) is 2.04. The Hall–Kier alpha value is -0.540. The zero-order valence-electron chi connectivity index (χ0n) is 9.14. The summed E-state index contributed by atoms with van der Waals surface area (Å²) in [7, 11) is 0. The van der Waals surface area contributed by atoms with Crippen LogP contribution in [-0.2, 0) is 5.54 Å². The molecule has 1 heterocycles. The highest BCUT2D eigenvalue weighted by Crippen LogP contribution is 2.32. The minimum absolute atomic E-state index is 0.0399. The van der Waals surface area contributed by atoms with Gasteiger partial charge in [0.15, 0.2) is 0 Å². The van der Waals surface area contributed by atoms with Crippen LogP contribution in [0.4, 0.5) is 4.39 Å². The van der Waals surface area contributed by atoms with E-state index in [0.29, 0.717) is 0 Å². The van der Waals surface area contributed by atoms with Gasteiger partial charge < -0.3 is 5.32 Å². The number of rotatable bonds is 2. The van der Waals surface area contributed by atoms with Crippen molar-refractivity contribution in [1.82, 2.24) is 5.32 Å². The van der Waals surface area contributed by atoms with Crippen LogP contribution in [0.5, 0.6) is 0 Å². The molecular formula is C12H16FNS. The van der Waals surface area contributed by atoms with Gasteiger partial charge in [-0.25, -0.2) is 4.39 Å². The van der Waals surface area contributed by atoms with Crippen molar-refractivity contribution >= 4 is 11.8 Å². The van der Waals surface area contributed by atoms with Crippen LogP contribution in [0.15, 0.2) is 23.1 Å². The SMILES string of the molecule is CSc1cc(C2(C)CCCN2)ccc1F. The Kier molecular flexibility index (Phi) is 3.03. The van der Waals surface area contributed by atoms with E-state index >= 15 is 0 Å². The van der Waals surface area contributed by atoms with Crippen molar-refractivity contribution in [2.45, 2.75) is 30.2 Å².